The van der Waals surface area contributed by atoms with Crippen LogP contribution in [0.2, 0.25) is 0 Å². The standard InChI is InChI=1S/C25H40O3/c1-5-25(26)13-12-22(2)17(16-25)6-7-18-19-8-9-21(24(4)27-14-15-28-24)23(19,3)11-10-20(18)22/h5,17-21,26H,1,6-16H2,2-4H3/t17-,18-,19-,20-,21-,22-,23-,25+/m0/s1. The van der Waals surface area contributed by atoms with Gasteiger partial charge >= 0.3 is 0 Å². The Morgan fingerprint density at radius 3 is 2.29 bits per heavy atom. The molecular weight excluding hydrogens is 348 g/mol. The first-order valence-corrected chi connectivity index (χ1v) is 11.9. The highest BCUT2D eigenvalue weighted by Crippen LogP contribution is 2.69. The van der Waals surface area contributed by atoms with E-state index in [1.165, 1.54) is 38.5 Å². The molecule has 0 aromatic carbocycles. The second-order valence-corrected chi connectivity index (χ2v) is 11.6. The quantitative estimate of drug-likeness (QED) is 0.650. The normalized spacial score (nSPS) is 55.2. The monoisotopic (exact) mass is 388 g/mol. The summed E-state index contributed by atoms with van der Waals surface area (Å²) in [6.07, 6.45) is 12.7. The molecular formula is C25H40O3. The molecule has 28 heavy (non-hydrogen) atoms. The fourth-order valence-corrected chi connectivity index (χ4v) is 9.05. The van der Waals surface area contributed by atoms with Crippen LogP contribution in [0.5, 0.6) is 0 Å². The number of fused-ring (bicyclic) bond motifs is 5. The molecule has 0 aromatic rings. The Morgan fingerprint density at radius 1 is 0.857 bits per heavy atom. The fraction of sp³-hybridized carbons (Fsp3) is 0.920. The summed E-state index contributed by atoms with van der Waals surface area (Å²) < 4.78 is 12.3. The number of aliphatic hydroxyl groups is 1. The number of hydrogen-bond acceptors (Lipinski definition) is 3. The van der Waals surface area contributed by atoms with Gasteiger partial charge in [-0.3, -0.25) is 0 Å². The lowest BCUT2D eigenvalue weighted by atomic mass is 9.43. The van der Waals surface area contributed by atoms with Crippen molar-refractivity contribution in [3.63, 3.8) is 0 Å². The Balaban J connectivity index is 1.40. The molecule has 1 aliphatic heterocycles. The molecule has 1 N–H and O–H groups in total. The smallest absolute Gasteiger partial charge is 0.169 e. The van der Waals surface area contributed by atoms with Crippen LogP contribution < -0.4 is 0 Å². The fourth-order valence-electron chi connectivity index (χ4n) is 9.05. The highest BCUT2D eigenvalue weighted by atomic mass is 16.7. The molecule has 4 saturated carbocycles. The molecule has 5 aliphatic rings. The molecule has 0 unspecified atom stereocenters. The Labute approximate surface area is 171 Å². The van der Waals surface area contributed by atoms with Crippen molar-refractivity contribution in [3.8, 4) is 0 Å². The maximum atomic E-state index is 10.9. The Kier molecular flexibility index (Phi) is 4.41. The van der Waals surface area contributed by atoms with Crippen LogP contribution in [0.3, 0.4) is 0 Å². The molecule has 0 bridgehead atoms. The zero-order chi connectivity index (χ0) is 19.8. The van der Waals surface area contributed by atoms with Crippen molar-refractivity contribution in [1.29, 1.82) is 0 Å². The summed E-state index contributed by atoms with van der Waals surface area (Å²) in [5.41, 5.74) is 0.145. The predicted molar refractivity (Wildman–Crippen MR) is 111 cm³/mol. The molecule has 5 fully saturated rings. The van der Waals surface area contributed by atoms with Crippen LogP contribution in [0.4, 0.5) is 0 Å². The summed E-state index contributed by atoms with van der Waals surface area (Å²) in [6, 6.07) is 0. The first-order chi connectivity index (χ1) is 13.2. The van der Waals surface area contributed by atoms with E-state index in [1.807, 2.05) is 6.08 Å². The van der Waals surface area contributed by atoms with E-state index in [-0.39, 0.29) is 5.79 Å². The molecule has 1 heterocycles. The molecule has 3 nitrogen and oxygen atoms in total. The maximum Gasteiger partial charge on any atom is 0.169 e. The minimum atomic E-state index is -0.621. The largest absolute Gasteiger partial charge is 0.386 e. The van der Waals surface area contributed by atoms with Gasteiger partial charge in [-0.15, -0.1) is 6.58 Å². The van der Waals surface area contributed by atoms with Crippen molar-refractivity contribution in [2.45, 2.75) is 89.9 Å². The summed E-state index contributed by atoms with van der Waals surface area (Å²) in [6.45, 7) is 12.8. The van der Waals surface area contributed by atoms with Gasteiger partial charge in [-0.25, -0.2) is 0 Å². The molecule has 5 rings (SSSR count). The van der Waals surface area contributed by atoms with Crippen molar-refractivity contribution in [1.82, 2.24) is 0 Å². The van der Waals surface area contributed by atoms with Gasteiger partial charge in [-0.1, -0.05) is 19.9 Å². The molecule has 0 radical (unpaired) electrons. The Bertz CT molecular complexity index is 640. The van der Waals surface area contributed by atoms with Gasteiger partial charge in [-0.2, -0.15) is 0 Å². The third kappa shape index (κ3) is 2.58. The zero-order valence-electron chi connectivity index (χ0n) is 18.2. The second-order valence-electron chi connectivity index (χ2n) is 11.6. The minimum Gasteiger partial charge on any atom is -0.386 e. The first-order valence-electron chi connectivity index (χ1n) is 11.9. The van der Waals surface area contributed by atoms with Crippen molar-refractivity contribution in [2.24, 2.45) is 40.4 Å². The molecule has 1 saturated heterocycles. The zero-order valence-corrected chi connectivity index (χ0v) is 18.2. The van der Waals surface area contributed by atoms with Gasteiger partial charge in [0.05, 0.1) is 18.8 Å². The van der Waals surface area contributed by atoms with Gasteiger partial charge in [0.15, 0.2) is 5.79 Å². The van der Waals surface area contributed by atoms with Crippen LogP contribution >= 0.6 is 0 Å². The van der Waals surface area contributed by atoms with Gasteiger partial charge in [0.2, 0.25) is 0 Å². The van der Waals surface area contributed by atoms with Crippen molar-refractivity contribution < 1.29 is 14.6 Å². The molecule has 8 atom stereocenters. The van der Waals surface area contributed by atoms with Crippen molar-refractivity contribution in [2.75, 3.05) is 13.2 Å². The molecule has 0 amide bonds. The van der Waals surface area contributed by atoms with Gasteiger partial charge in [-0.05, 0) is 99.2 Å². The van der Waals surface area contributed by atoms with E-state index in [0.29, 0.717) is 22.7 Å². The van der Waals surface area contributed by atoms with E-state index >= 15 is 0 Å². The summed E-state index contributed by atoms with van der Waals surface area (Å²) in [5, 5.41) is 10.9. The second kappa shape index (κ2) is 6.31. The van der Waals surface area contributed by atoms with Gasteiger partial charge in [0.1, 0.15) is 0 Å². The highest BCUT2D eigenvalue weighted by Gasteiger charge is 2.64. The van der Waals surface area contributed by atoms with Gasteiger partial charge in [0.25, 0.3) is 0 Å². The minimum absolute atomic E-state index is 0.358. The third-order valence-corrected chi connectivity index (χ3v) is 10.6. The van der Waals surface area contributed by atoms with Gasteiger partial charge in [0, 0.05) is 5.92 Å². The predicted octanol–water partition coefficient (Wildman–Crippen LogP) is 5.33. The average Bonchev–Trinajstić information content (AvgIpc) is 3.26. The highest BCUT2D eigenvalue weighted by molar-refractivity contribution is 5.13. The topological polar surface area (TPSA) is 38.7 Å². The summed E-state index contributed by atoms with van der Waals surface area (Å²) >= 11 is 0. The van der Waals surface area contributed by atoms with E-state index < -0.39 is 5.60 Å². The van der Waals surface area contributed by atoms with Crippen molar-refractivity contribution in [3.05, 3.63) is 12.7 Å². The molecule has 4 aliphatic carbocycles. The third-order valence-electron chi connectivity index (χ3n) is 10.6. The van der Waals surface area contributed by atoms with Gasteiger partial charge < -0.3 is 14.6 Å². The van der Waals surface area contributed by atoms with Crippen LogP contribution in [0, 0.1) is 40.4 Å². The van der Waals surface area contributed by atoms with E-state index in [1.54, 1.807) is 0 Å². The molecule has 0 aromatic heterocycles. The lowest BCUT2D eigenvalue weighted by Crippen LogP contribution is -2.56. The molecule has 0 spiro atoms. The van der Waals surface area contributed by atoms with Crippen LogP contribution in [0.1, 0.15) is 78.6 Å². The van der Waals surface area contributed by atoms with Crippen LogP contribution in [-0.2, 0) is 9.47 Å². The van der Waals surface area contributed by atoms with Crippen LogP contribution in [0.25, 0.3) is 0 Å². The summed E-state index contributed by atoms with van der Waals surface area (Å²) in [4.78, 5) is 0. The Morgan fingerprint density at radius 2 is 1.57 bits per heavy atom. The average molecular weight is 389 g/mol. The number of ether oxygens (including phenoxy) is 2. The van der Waals surface area contributed by atoms with Crippen LogP contribution in [-0.4, -0.2) is 29.7 Å². The Hall–Kier alpha value is -0.380. The van der Waals surface area contributed by atoms with E-state index in [9.17, 15) is 5.11 Å². The number of rotatable bonds is 2. The number of hydrogen-bond donors (Lipinski definition) is 1. The van der Waals surface area contributed by atoms with E-state index in [2.05, 4.69) is 27.4 Å². The summed E-state index contributed by atoms with van der Waals surface area (Å²) in [5.74, 6) is 3.34. The summed E-state index contributed by atoms with van der Waals surface area (Å²) in [7, 11) is 0. The van der Waals surface area contributed by atoms with Crippen LogP contribution in [0.15, 0.2) is 12.7 Å². The van der Waals surface area contributed by atoms with E-state index in [4.69, 9.17) is 9.47 Å². The lowest BCUT2D eigenvalue weighted by Gasteiger charge is -2.62. The van der Waals surface area contributed by atoms with E-state index in [0.717, 1.165) is 50.2 Å². The lowest BCUT2D eigenvalue weighted by molar-refractivity contribution is -0.219. The molecule has 3 heteroatoms. The first kappa shape index (κ1) is 19.6. The SMILES string of the molecule is C=C[C@@]1(O)CC[C@@]2(C)[C@@H](CC[C@@H]3[C@@H]2CC[C@]2(C)[C@@H](C4(C)OCCO4)CC[C@@H]32)C1. The van der Waals surface area contributed by atoms with Crippen molar-refractivity contribution >= 4 is 0 Å². The molecule has 158 valence electrons. The maximum absolute atomic E-state index is 10.9.